The smallest absolute Gasteiger partial charge is 0.241 e. The molecule has 0 bridgehead atoms. The van der Waals surface area contributed by atoms with E-state index in [1.54, 1.807) is 36.4 Å². The van der Waals surface area contributed by atoms with Crippen molar-refractivity contribution in [3.8, 4) is 0 Å². The van der Waals surface area contributed by atoms with Gasteiger partial charge in [-0.15, -0.1) is 0 Å². The summed E-state index contributed by atoms with van der Waals surface area (Å²) in [5, 5.41) is 10.9. The van der Waals surface area contributed by atoms with Gasteiger partial charge in [0.15, 0.2) is 0 Å². The van der Waals surface area contributed by atoms with E-state index in [1.165, 1.54) is 12.1 Å². The molecule has 2 aromatic rings. The number of aryl methyl sites for hydroxylation is 2. The normalized spacial score (nSPS) is 12.8. The molecule has 0 aliphatic carbocycles. The highest BCUT2D eigenvalue weighted by Gasteiger charge is 2.25. The molecule has 122 valence electrons. The van der Waals surface area contributed by atoms with Crippen molar-refractivity contribution in [2.24, 2.45) is 0 Å². The lowest BCUT2D eigenvalue weighted by Crippen LogP contribution is -2.33. The van der Waals surface area contributed by atoms with Gasteiger partial charge >= 0.3 is 0 Å². The summed E-state index contributed by atoms with van der Waals surface area (Å²) >= 11 is 0. The molecule has 23 heavy (non-hydrogen) atoms. The summed E-state index contributed by atoms with van der Waals surface area (Å²) in [6, 6.07) is 12.4. The summed E-state index contributed by atoms with van der Waals surface area (Å²) in [4.78, 5) is 10.4. The quantitative estimate of drug-likeness (QED) is 0.649. The van der Waals surface area contributed by atoms with Gasteiger partial charge in [0.25, 0.3) is 0 Å². The topological polar surface area (TPSA) is 89.3 Å². The van der Waals surface area contributed by atoms with Crippen molar-refractivity contribution in [2.75, 3.05) is 6.54 Å². The van der Waals surface area contributed by atoms with Gasteiger partial charge in [0.1, 0.15) is 6.04 Å². The van der Waals surface area contributed by atoms with Crippen molar-refractivity contribution in [1.82, 2.24) is 4.72 Å². The summed E-state index contributed by atoms with van der Waals surface area (Å²) in [6.45, 7) is 3.22. The Hall–Kier alpha value is -2.25. The van der Waals surface area contributed by atoms with Crippen LogP contribution in [0.25, 0.3) is 0 Å². The van der Waals surface area contributed by atoms with E-state index in [1.807, 2.05) is 13.8 Å². The summed E-state index contributed by atoms with van der Waals surface area (Å²) in [7, 11) is -3.83. The molecule has 6 nitrogen and oxygen atoms in total. The van der Waals surface area contributed by atoms with Crippen molar-refractivity contribution in [3.05, 3.63) is 75.3 Å². The maximum Gasteiger partial charge on any atom is 0.241 e. The van der Waals surface area contributed by atoms with Gasteiger partial charge in [0.2, 0.25) is 16.6 Å². The van der Waals surface area contributed by atoms with Gasteiger partial charge in [-0.2, -0.15) is 4.72 Å². The maximum absolute atomic E-state index is 12.4. The van der Waals surface area contributed by atoms with E-state index in [9.17, 15) is 18.5 Å². The molecule has 0 aromatic heterocycles. The summed E-state index contributed by atoms with van der Waals surface area (Å²) < 4.78 is 27.3. The molecule has 2 rings (SSSR count). The zero-order valence-corrected chi connectivity index (χ0v) is 13.7. The SMILES string of the molecule is Cc1ccc(C(C[N+](=O)[O-])NS(=O)(=O)c2ccc(C)cc2)cc1. The Bertz CT molecular complexity index is 784. The van der Waals surface area contributed by atoms with Crippen LogP contribution in [0, 0.1) is 24.0 Å². The van der Waals surface area contributed by atoms with Crippen molar-refractivity contribution in [2.45, 2.75) is 24.8 Å². The standard InChI is InChI=1S/C16H18N2O4S/c1-12-3-7-14(8-4-12)16(11-18(19)20)17-23(21,22)15-9-5-13(2)6-10-15/h3-10,16-17H,11H2,1-2H3. The Balaban J connectivity index is 2.31. The fourth-order valence-corrected chi connectivity index (χ4v) is 3.35. The molecule has 0 aliphatic rings. The van der Waals surface area contributed by atoms with Gasteiger partial charge in [-0.05, 0) is 31.5 Å². The van der Waals surface area contributed by atoms with E-state index in [0.29, 0.717) is 5.56 Å². The number of hydrogen-bond donors (Lipinski definition) is 1. The van der Waals surface area contributed by atoms with Gasteiger partial charge < -0.3 is 0 Å². The number of sulfonamides is 1. The number of nitrogens with zero attached hydrogens (tertiary/aromatic N) is 1. The molecule has 0 saturated heterocycles. The first kappa shape index (κ1) is 17.1. The van der Waals surface area contributed by atoms with Crippen LogP contribution in [0.4, 0.5) is 0 Å². The van der Waals surface area contributed by atoms with Crippen LogP contribution in [0.5, 0.6) is 0 Å². The van der Waals surface area contributed by atoms with Crippen LogP contribution in [0.15, 0.2) is 53.4 Å². The van der Waals surface area contributed by atoms with E-state index in [-0.39, 0.29) is 4.90 Å². The van der Waals surface area contributed by atoms with Crippen LogP contribution in [0.2, 0.25) is 0 Å². The fraction of sp³-hybridized carbons (Fsp3) is 0.250. The van der Waals surface area contributed by atoms with Gasteiger partial charge in [-0.1, -0.05) is 47.5 Å². The van der Waals surface area contributed by atoms with Gasteiger partial charge in [0.05, 0.1) is 4.90 Å². The van der Waals surface area contributed by atoms with Crippen LogP contribution < -0.4 is 4.72 Å². The Morgan fingerprint density at radius 3 is 1.96 bits per heavy atom. The second-order valence-electron chi connectivity index (χ2n) is 5.41. The molecule has 0 spiro atoms. The molecule has 0 amide bonds. The Morgan fingerprint density at radius 2 is 1.48 bits per heavy atom. The van der Waals surface area contributed by atoms with Crippen LogP contribution in [0.1, 0.15) is 22.7 Å². The second-order valence-corrected chi connectivity index (χ2v) is 7.13. The predicted molar refractivity (Wildman–Crippen MR) is 87.3 cm³/mol. The first-order valence-electron chi connectivity index (χ1n) is 7.05. The maximum atomic E-state index is 12.4. The monoisotopic (exact) mass is 334 g/mol. The Morgan fingerprint density at radius 1 is 1.00 bits per heavy atom. The first-order chi connectivity index (χ1) is 10.8. The van der Waals surface area contributed by atoms with E-state index in [2.05, 4.69) is 4.72 Å². The highest BCUT2D eigenvalue weighted by molar-refractivity contribution is 7.89. The van der Waals surface area contributed by atoms with Crippen molar-refractivity contribution in [1.29, 1.82) is 0 Å². The first-order valence-corrected chi connectivity index (χ1v) is 8.53. The van der Waals surface area contributed by atoms with Gasteiger partial charge in [-0.3, -0.25) is 10.1 Å². The molecule has 1 N–H and O–H groups in total. The van der Waals surface area contributed by atoms with E-state index >= 15 is 0 Å². The van der Waals surface area contributed by atoms with E-state index in [4.69, 9.17) is 0 Å². The van der Waals surface area contributed by atoms with Crippen LogP contribution in [0.3, 0.4) is 0 Å². The average molecular weight is 334 g/mol. The predicted octanol–water partition coefficient (Wildman–Crippen LogP) is 2.60. The van der Waals surface area contributed by atoms with Crippen LogP contribution >= 0.6 is 0 Å². The van der Waals surface area contributed by atoms with Crippen molar-refractivity contribution < 1.29 is 13.3 Å². The van der Waals surface area contributed by atoms with Gasteiger partial charge in [0, 0.05) is 4.92 Å². The minimum atomic E-state index is -3.83. The van der Waals surface area contributed by atoms with Crippen LogP contribution in [-0.4, -0.2) is 19.9 Å². The molecule has 0 aliphatic heterocycles. The molecule has 7 heteroatoms. The second kappa shape index (κ2) is 6.89. The fourth-order valence-electron chi connectivity index (χ4n) is 2.13. The lowest BCUT2D eigenvalue weighted by atomic mass is 10.1. The molecular weight excluding hydrogens is 316 g/mol. The van der Waals surface area contributed by atoms with Crippen LogP contribution in [-0.2, 0) is 10.0 Å². The number of benzene rings is 2. The Kier molecular flexibility index (Phi) is 5.12. The third-order valence-electron chi connectivity index (χ3n) is 3.44. The molecule has 0 fully saturated rings. The minimum absolute atomic E-state index is 0.0866. The minimum Gasteiger partial charge on any atom is -0.264 e. The zero-order chi connectivity index (χ0) is 17.0. The lowest BCUT2D eigenvalue weighted by molar-refractivity contribution is -0.483. The summed E-state index contributed by atoms with van der Waals surface area (Å²) in [6.07, 6.45) is 0. The molecular formula is C16H18N2O4S. The van der Waals surface area contributed by atoms with Gasteiger partial charge in [-0.25, -0.2) is 8.42 Å². The van der Waals surface area contributed by atoms with Crippen molar-refractivity contribution >= 4 is 10.0 Å². The molecule has 0 heterocycles. The van der Waals surface area contributed by atoms with Crippen molar-refractivity contribution in [3.63, 3.8) is 0 Å². The third-order valence-corrected chi connectivity index (χ3v) is 4.93. The number of nitro groups is 1. The van der Waals surface area contributed by atoms with E-state index < -0.39 is 27.5 Å². The number of hydrogen-bond acceptors (Lipinski definition) is 4. The largest absolute Gasteiger partial charge is 0.264 e. The third kappa shape index (κ3) is 4.61. The highest BCUT2D eigenvalue weighted by atomic mass is 32.2. The molecule has 1 unspecified atom stereocenters. The molecule has 0 radical (unpaired) electrons. The number of nitrogens with one attached hydrogen (secondary N) is 1. The molecule has 2 aromatic carbocycles. The lowest BCUT2D eigenvalue weighted by Gasteiger charge is -2.16. The molecule has 0 saturated carbocycles. The summed E-state index contributed by atoms with van der Waals surface area (Å²) in [5.74, 6) is 0. The zero-order valence-electron chi connectivity index (χ0n) is 12.9. The highest BCUT2D eigenvalue weighted by Crippen LogP contribution is 2.19. The number of rotatable bonds is 6. The van der Waals surface area contributed by atoms with E-state index in [0.717, 1.165) is 11.1 Å². The molecule has 1 atom stereocenters. The Labute approximate surface area is 135 Å². The average Bonchev–Trinajstić information content (AvgIpc) is 2.47. The summed E-state index contributed by atoms with van der Waals surface area (Å²) in [5.41, 5.74) is 2.49.